The number of carbonyl (C=O) groups is 1. The van der Waals surface area contributed by atoms with Crippen molar-refractivity contribution >= 4 is 23.3 Å². The number of benzene rings is 1. The molecule has 1 amide bonds. The highest BCUT2D eigenvalue weighted by Gasteiger charge is 2.18. The van der Waals surface area contributed by atoms with Gasteiger partial charge in [0.15, 0.2) is 0 Å². The molecule has 0 bridgehead atoms. The van der Waals surface area contributed by atoms with Crippen LogP contribution in [0.4, 0.5) is 5.82 Å². The van der Waals surface area contributed by atoms with Crippen molar-refractivity contribution < 1.29 is 4.79 Å². The van der Waals surface area contributed by atoms with Crippen LogP contribution < -0.4 is 10.6 Å². The van der Waals surface area contributed by atoms with Gasteiger partial charge in [0, 0.05) is 23.6 Å². The number of aromatic nitrogens is 2. The molecule has 1 fully saturated rings. The van der Waals surface area contributed by atoms with Crippen molar-refractivity contribution in [3.63, 3.8) is 0 Å². The predicted molar refractivity (Wildman–Crippen MR) is 87.1 cm³/mol. The van der Waals surface area contributed by atoms with E-state index in [1.54, 1.807) is 10.9 Å². The van der Waals surface area contributed by atoms with E-state index in [1.807, 2.05) is 30.3 Å². The van der Waals surface area contributed by atoms with Gasteiger partial charge in [-0.05, 0) is 37.1 Å². The van der Waals surface area contributed by atoms with Gasteiger partial charge < -0.3 is 10.6 Å². The maximum Gasteiger partial charge on any atom is 0.227 e. The molecule has 3 rings (SSSR count). The van der Waals surface area contributed by atoms with E-state index in [1.165, 1.54) is 0 Å². The normalized spacial score (nSPS) is 17.6. The third-order valence-corrected chi connectivity index (χ3v) is 4.08. The Kier molecular flexibility index (Phi) is 4.75. The lowest BCUT2D eigenvalue weighted by atomic mass is 10.1. The van der Waals surface area contributed by atoms with Gasteiger partial charge in [0.05, 0.1) is 12.7 Å². The Morgan fingerprint density at radius 1 is 1.36 bits per heavy atom. The van der Waals surface area contributed by atoms with Crippen molar-refractivity contribution in [2.45, 2.75) is 31.8 Å². The highest BCUT2D eigenvalue weighted by atomic mass is 35.5. The lowest BCUT2D eigenvalue weighted by molar-refractivity contribution is -0.116. The summed E-state index contributed by atoms with van der Waals surface area (Å²) in [7, 11) is 0. The van der Waals surface area contributed by atoms with E-state index < -0.39 is 0 Å². The van der Waals surface area contributed by atoms with Crippen LogP contribution in [0.1, 0.15) is 24.8 Å². The molecule has 0 radical (unpaired) electrons. The van der Waals surface area contributed by atoms with Crippen LogP contribution in [0, 0.1) is 0 Å². The molecule has 2 N–H and O–H groups in total. The largest absolute Gasteiger partial charge is 0.313 e. The van der Waals surface area contributed by atoms with E-state index in [9.17, 15) is 4.79 Å². The van der Waals surface area contributed by atoms with E-state index in [-0.39, 0.29) is 5.91 Å². The Morgan fingerprint density at radius 3 is 2.91 bits per heavy atom. The summed E-state index contributed by atoms with van der Waals surface area (Å²) in [5, 5.41) is 11.3. The van der Waals surface area contributed by atoms with Gasteiger partial charge in [-0.25, -0.2) is 4.68 Å². The summed E-state index contributed by atoms with van der Waals surface area (Å²) in [6, 6.07) is 9.73. The summed E-state index contributed by atoms with van der Waals surface area (Å²) < 4.78 is 1.78. The zero-order chi connectivity index (χ0) is 15.4. The quantitative estimate of drug-likeness (QED) is 0.891. The number of nitrogens with zero attached hydrogens (tertiary/aromatic N) is 2. The second kappa shape index (κ2) is 6.94. The highest BCUT2D eigenvalue weighted by Crippen LogP contribution is 2.15. The maximum absolute atomic E-state index is 12.1. The zero-order valence-corrected chi connectivity index (χ0v) is 13.0. The summed E-state index contributed by atoms with van der Waals surface area (Å²) in [6.07, 6.45) is 4.41. The minimum atomic E-state index is 0.0252. The second-order valence-electron chi connectivity index (χ2n) is 5.55. The average Bonchev–Trinajstić information content (AvgIpc) is 3.14. The summed E-state index contributed by atoms with van der Waals surface area (Å²) in [5.41, 5.74) is 1.08. The molecule has 0 aliphatic carbocycles. The molecule has 5 nitrogen and oxygen atoms in total. The van der Waals surface area contributed by atoms with Gasteiger partial charge in [-0.15, -0.1) is 0 Å². The molecule has 1 aromatic carbocycles. The van der Waals surface area contributed by atoms with Crippen LogP contribution in [0.2, 0.25) is 5.02 Å². The van der Waals surface area contributed by atoms with E-state index in [4.69, 9.17) is 11.6 Å². The Morgan fingerprint density at radius 2 is 2.18 bits per heavy atom. The predicted octanol–water partition coefficient (Wildman–Crippen LogP) is 2.67. The van der Waals surface area contributed by atoms with Gasteiger partial charge in [0.25, 0.3) is 0 Å². The van der Waals surface area contributed by atoms with E-state index >= 15 is 0 Å². The van der Waals surface area contributed by atoms with Gasteiger partial charge in [-0.3, -0.25) is 4.79 Å². The van der Waals surface area contributed by atoms with Crippen molar-refractivity contribution in [3.05, 3.63) is 47.1 Å². The number of hydrogen-bond donors (Lipinski definition) is 2. The molecule has 1 aliphatic heterocycles. The number of carbonyl (C=O) groups excluding carboxylic acids is 1. The molecular formula is C16H19ClN4O. The van der Waals surface area contributed by atoms with E-state index in [0.29, 0.717) is 24.0 Å². The van der Waals surface area contributed by atoms with Crippen LogP contribution in [0.25, 0.3) is 0 Å². The average molecular weight is 319 g/mol. The smallest absolute Gasteiger partial charge is 0.227 e. The summed E-state index contributed by atoms with van der Waals surface area (Å²) >= 11 is 5.89. The van der Waals surface area contributed by atoms with Crippen molar-refractivity contribution in [2.75, 3.05) is 11.9 Å². The van der Waals surface area contributed by atoms with Crippen LogP contribution in [0.5, 0.6) is 0 Å². The first-order valence-electron chi connectivity index (χ1n) is 7.50. The molecule has 1 unspecified atom stereocenters. The third-order valence-electron chi connectivity index (χ3n) is 3.82. The standard InChI is InChI=1S/C16H19ClN4O/c17-13-5-3-12(4-6-13)11-21-15(7-9-19-21)20-16(22)10-14-2-1-8-18-14/h3-7,9,14,18H,1-2,8,10-11H2,(H,20,22). The van der Waals surface area contributed by atoms with Gasteiger partial charge in [0.1, 0.15) is 5.82 Å². The maximum atomic E-state index is 12.1. The Labute approximate surface area is 134 Å². The second-order valence-corrected chi connectivity index (χ2v) is 5.98. The summed E-state index contributed by atoms with van der Waals surface area (Å²) in [4.78, 5) is 12.1. The van der Waals surface area contributed by atoms with Crippen molar-refractivity contribution in [1.29, 1.82) is 0 Å². The van der Waals surface area contributed by atoms with Crippen LogP contribution in [-0.2, 0) is 11.3 Å². The van der Waals surface area contributed by atoms with Crippen LogP contribution in [0.3, 0.4) is 0 Å². The number of anilines is 1. The first-order chi connectivity index (χ1) is 10.7. The first kappa shape index (κ1) is 15.1. The van der Waals surface area contributed by atoms with Crippen LogP contribution in [0.15, 0.2) is 36.5 Å². The Balaban J connectivity index is 1.61. The van der Waals surface area contributed by atoms with Gasteiger partial charge in [-0.2, -0.15) is 5.10 Å². The number of halogens is 1. The molecule has 1 aliphatic rings. The first-order valence-corrected chi connectivity index (χ1v) is 7.88. The van der Waals surface area contributed by atoms with Gasteiger partial charge in [-0.1, -0.05) is 23.7 Å². The number of amides is 1. The fourth-order valence-electron chi connectivity index (χ4n) is 2.68. The fraction of sp³-hybridized carbons (Fsp3) is 0.375. The molecular weight excluding hydrogens is 300 g/mol. The molecule has 6 heteroatoms. The zero-order valence-electron chi connectivity index (χ0n) is 12.3. The minimum absolute atomic E-state index is 0.0252. The SMILES string of the molecule is O=C(CC1CCCN1)Nc1ccnn1Cc1ccc(Cl)cc1. The molecule has 116 valence electrons. The van der Waals surface area contributed by atoms with Crippen molar-refractivity contribution in [2.24, 2.45) is 0 Å². The lowest BCUT2D eigenvalue weighted by Crippen LogP contribution is -2.28. The third kappa shape index (κ3) is 3.87. The molecule has 2 aromatic rings. The molecule has 1 atom stereocenters. The highest BCUT2D eigenvalue weighted by molar-refractivity contribution is 6.30. The summed E-state index contributed by atoms with van der Waals surface area (Å²) in [6.45, 7) is 1.61. The molecule has 1 saturated heterocycles. The van der Waals surface area contributed by atoms with Crippen LogP contribution >= 0.6 is 11.6 Å². The van der Waals surface area contributed by atoms with E-state index in [0.717, 1.165) is 30.8 Å². The number of rotatable bonds is 5. The lowest BCUT2D eigenvalue weighted by Gasteiger charge is -2.12. The number of hydrogen-bond acceptors (Lipinski definition) is 3. The minimum Gasteiger partial charge on any atom is -0.313 e. The fourth-order valence-corrected chi connectivity index (χ4v) is 2.80. The molecule has 22 heavy (non-hydrogen) atoms. The molecule has 0 spiro atoms. The molecule has 2 heterocycles. The van der Waals surface area contributed by atoms with E-state index in [2.05, 4.69) is 15.7 Å². The topological polar surface area (TPSA) is 59.0 Å². The number of nitrogens with one attached hydrogen (secondary N) is 2. The molecule has 1 aromatic heterocycles. The van der Waals surface area contributed by atoms with Gasteiger partial charge in [0.2, 0.25) is 5.91 Å². The Bertz CT molecular complexity index is 632. The summed E-state index contributed by atoms with van der Waals surface area (Å²) in [5.74, 6) is 0.746. The van der Waals surface area contributed by atoms with Crippen molar-refractivity contribution in [3.8, 4) is 0 Å². The van der Waals surface area contributed by atoms with Gasteiger partial charge >= 0.3 is 0 Å². The van der Waals surface area contributed by atoms with Crippen molar-refractivity contribution in [1.82, 2.24) is 15.1 Å². The Hall–Kier alpha value is -1.85. The van der Waals surface area contributed by atoms with Crippen LogP contribution in [-0.4, -0.2) is 28.3 Å². The molecule has 0 saturated carbocycles. The monoisotopic (exact) mass is 318 g/mol.